The van der Waals surface area contributed by atoms with Crippen molar-refractivity contribution in [3.63, 3.8) is 0 Å². The molecule has 2 aromatic carbocycles. The number of hydrogen-bond donors (Lipinski definition) is 1. The first-order chi connectivity index (χ1) is 12.1. The van der Waals surface area contributed by atoms with Crippen molar-refractivity contribution < 1.29 is 14.6 Å². The fourth-order valence-electron chi connectivity index (χ4n) is 2.68. The third-order valence-electron chi connectivity index (χ3n) is 3.87. The molecule has 2 aliphatic rings. The Labute approximate surface area is 154 Å². The number of phenolic OH excluding ortho intramolecular Hbond substituents is 1. The summed E-state index contributed by atoms with van der Waals surface area (Å²) in [5, 5.41) is 9.41. The van der Waals surface area contributed by atoms with Crippen LogP contribution >= 0.6 is 24.0 Å². The molecule has 0 unspecified atom stereocenters. The molecule has 1 N–H and O–H groups in total. The number of phenols is 1. The van der Waals surface area contributed by atoms with Gasteiger partial charge < -0.3 is 9.84 Å². The maximum Gasteiger partial charge on any atom is 0.270 e. The van der Waals surface area contributed by atoms with Gasteiger partial charge in [0.25, 0.3) is 5.91 Å². The van der Waals surface area contributed by atoms with Gasteiger partial charge in [0.15, 0.2) is 4.32 Å². The Morgan fingerprint density at radius 1 is 1.16 bits per heavy atom. The van der Waals surface area contributed by atoms with Gasteiger partial charge in [0.05, 0.1) is 10.6 Å². The smallest absolute Gasteiger partial charge is 0.270 e. The molecule has 0 spiro atoms. The number of para-hydroxylation sites is 1. The van der Waals surface area contributed by atoms with Gasteiger partial charge in [-0.15, -0.1) is 0 Å². The van der Waals surface area contributed by atoms with Gasteiger partial charge in [-0.2, -0.15) is 0 Å². The van der Waals surface area contributed by atoms with Gasteiger partial charge in [0.2, 0.25) is 0 Å². The van der Waals surface area contributed by atoms with E-state index in [1.165, 1.54) is 28.8 Å². The number of amides is 1. The van der Waals surface area contributed by atoms with Crippen LogP contribution in [0.15, 0.2) is 65.1 Å². The summed E-state index contributed by atoms with van der Waals surface area (Å²) in [4.78, 5) is 14.8. The Balaban J connectivity index is 1.63. The van der Waals surface area contributed by atoms with Crippen molar-refractivity contribution in [1.82, 2.24) is 0 Å². The monoisotopic (exact) mass is 367 g/mol. The van der Waals surface area contributed by atoms with Crippen LogP contribution in [0, 0.1) is 0 Å². The molecule has 2 aliphatic heterocycles. The lowest BCUT2D eigenvalue weighted by Crippen LogP contribution is -2.27. The molecule has 0 atom stereocenters. The molecule has 0 aromatic heterocycles. The average molecular weight is 367 g/mol. The predicted octanol–water partition coefficient (Wildman–Crippen LogP) is 4.12. The third kappa shape index (κ3) is 3.06. The molecule has 25 heavy (non-hydrogen) atoms. The van der Waals surface area contributed by atoms with Crippen molar-refractivity contribution in [3.8, 4) is 11.5 Å². The molecule has 0 bridgehead atoms. The number of nitrogens with zero attached hydrogens (tertiary/aromatic N) is 1. The van der Waals surface area contributed by atoms with E-state index in [0.717, 1.165) is 16.9 Å². The van der Waals surface area contributed by atoms with Crippen LogP contribution in [0.3, 0.4) is 0 Å². The second kappa shape index (κ2) is 6.38. The summed E-state index contributed by atoms with van der Waals surface area (Å²) >= 11 is 6.62. The number of carbonyl (C=O) groups is 1. The van der Waals surface area contributed by atoms with Crippen LogP contribution in [-0.4, -0.2) is 21.9 Å². The molecule has 0 radical (unpaired) electrons. The van der Waals surface area contributed by atoms with E-state index in [1.807, 2.05) is 36.4 Å². The zero-order chi connectivity index (χ0) is 17.4. The zero-order valence-electron chi connectivity index (χ0n) is 13.0. The van der Waals surface area contributed by atoms with E-state index in [0.29, 0.717) is 21.5 Å². The zero-order valence-corrected chi connectivity index (χ0v) is 14.6. The lowest BCUT2D eigenvalue weighted by Gasteiger charge is -2.16. The topological polar surface area (TPSA) is 49.8 Å². The maximum absolute atomic E-state index is 12.7. The number of thiocarbonyl (C=S) groups is 1. The van der Waals surface area contributed by atoms with Crippen LogP contribution in [0.5, 0.6) is 11.5 Å². The first kappa shape index (κ1) is 15.9. The number of carbonyl (C=O) groups excluding carboxylic acids is 1. The Kier molecular flexibility index (Phi) is 4.07. The minimum Gasteiger partial charge on any atom is -0.508 e. The number of thioether (sulfide) groups is 1. The van der Waals surface area contributed by atoms with E-state index < -0.39 is 0 Å². The van der Waals surface area contributed by atoms with E-state index in [9.17, 15) is 9.90 Å². The molecular formula is C19H13NO3S2. The van der Waals surface area contributed by atoms with Crippen molar-refractivity contribution in [1.29, 1.82) is 0 Å². The number of anilines is 1. The van der Waals surface area contributed by atoms with E-state index in [2.05, 4.69) is 0 Å². The molecule has 4 nitrogen and oxygen atoms in total. The van der Waals surface area contributed by atoms with E-state index in [4.69, 9.17) is 17.0 Å². The summed E-state index contributed by atoms with van der Waals surface area (Å²) in [5.74, 6) is 0.824. The Hall–Kier alpha value is -2.57. The summed E-state index contributed by atoms with van der Waals surface area (Å²) in [5.41, 5.74) is 2.56. The lowest BCUT2D eigenvalue weighted by molar-refractivity contribution is -0.113. The van der Waals surface area contributed by atoms with Crippen molar-refractivity contribution in [2.24, 2.45) is 0 Å². The van der Waals surface area contributed by atoms with E-state index >= 15 is 0 Å². The lowest BCUT2D eigenvalue weighted by atomic mass is 10.1. The van der Waals surface area contributed by atoms with Crippen molar-refractivity contribution in [2.75, 3.05) is 11.5 Å². The molecule has 4 rings (SSSR count). The van der Waals surface area contributed by atoms with Gasteiger partial charge in [-0.05, 0) is 48.1 Å². The highest BCUT2D eigenvalue weighted by atomic mass is 32.2. The number of aromatic hydroxyl groups is 1. The Bertz CT molecular complexity index is 932. The number of benzene rings is 2. The Morgan fingerprint density at radius 3 is 2.72 bits per heavy atom. The molecule has 0 saturated carbocycles. The van der Waals surface area contributed by atoms with Crippen molar-refractivity contribution >= 4 is 46.0 Å². The first-order valence-electron chi connectivity index (χ1n) is 7.61. The highest BCUT2D eigenvalue weighted by molar-refractivity contribution is 8.27. The molecular weight excluding hydrogens is 354 g/mol. The minimum atomic E-state index is -0.166. The van der Waals surface area contributed by atoms with Gasteiger partial charge in [-0.1, -0.05) is 42.2 Å². The fourth-order valence-corrected chi connectivity index (χ4v) is 3.99. The molecule has 124 valence electrons. The molecule has 6 heteroatoms. The fraction of sp³-hybridized carbons (Fsp3) is 0.0526. The summed E-state index contributed by atoms with van der Waals surface area (Å²) in [7, 11) is 0. The van der Waals surface area contributed by atoms with Crippen molar-refractivity contribution in [3.05, 3.63) is 70.6 Å². The quantitative estimate of drug-likeness (QED) is 0.639. The van der Waals surface area contributed by atoms with Crippen LogP contribution in [0.1, 0.15) is 5.56 Å². The average Bonchev–Trinajstić information content (AvgIpc) is 2.89. The maximum atomic E-state index is 12.7. The molecule has 2 heterocycles. The number of fused-ring (bicyclic) bond motifs is 1. The largest absolute Gasteiger partial charge is 0.508 e. The normalized spacial score (nSPS) is 18.2. The molecule has 2 aromatic rings. The molecule has 1 amide bonds. The summed E-state index contributed by atoms with van der Waals surface area (Å²) < 4.78 is 6.20. The van der Waals surface area contributed by atoms with Gasteiger partial charge in [-0.3, -0.25) is 9.69 Å². The van der Waals surface area contributed by atoms with E-state index in [1.54, 1.807) is 12.1 Å². The second-order valence-electron chi connectivity index (χ2n) is 5.58. The van der Waals surface area contributed by atoms with Gasteiger partial charge in [0.1, 0.15) is 18.1 Å². The summed E-state index contributed by atoms with van der Waals surface area (Å²) in [6.07, 6.45) is 3.85. The SMILES string of the molecule is O=C1/C(=C\C2=Cc3ccccc3OC2)SC(=S)N1c1ccc(O)cc1. The highest BCUT2D eigenvalue weighted by Crippen LogP contribution is 2.37. The molecule has 1 saturated heterocycles. The van der Waals surface area contributed by atoms with Crippen LogP contribution in [0.25, 0.3) is 6.08 Å². The standard InChI is InChI=1S/C19H13NO3S2/c21-15-7-5-14(6-8-15)20-18(22)17(25-19(20)24)10-12-9-13-3-1-2-4-16(13)23-11-12/h1-10,21H,11H2/b17-10+. The van der Waals surface area contributed by atoms with Crippen LogP contribution in [0.4, 0.5) is 5.69 Å². The minimum absolute atomic E-state index is 0.146. The van der Waals surface area contributed by atoms with Crippen molar-refractivity contribution in [2.45, 2.75) is 0 Å². The number of ether oxygens (including phenoxy) is 1. The Morgan fingerprint density at radius 2 is 1.92 bits per heavy atom. The third-order valence-corrected chi connectivity index (χ3v) is 5.17. The van der Waals surface area contributed by atoms with E-state index in [-0.39, 0.29) is 11.7 Å². The highest BCUT2D eigenvalue weighted by Gasteiger charge is 2.33. The number of rotatable bonds is 2. The van der Waals surface area contributed by atoms with Crippen LogP contribution in [-0.2, 0) is 4.79 Å². The first-order valence-corrected chi connectivity index (χ1v) is 8.84. The van der Waals surface area contributed by atoms with Gasteiger partial charge in [-0.25, -0.2) is 0 Å². The second-order valence-corrected chi connectivity index (χ2v) is 7.26. The molecule has 0 aliphatic carbocycles. The molecule has 1 fully saturated rings. The van der Waals surface area contributed by atoms with Crippen LogP contribution in [0.2, 0.25) is 0 Å². The predicted molar refractivity (Wildman–Crippen MR) is 104 cm³/mol. The van der Waals surface area contributed by atoms with Gasteiger partial charge in [0, 0.05) is 5.56 Å². The summed E-state index contributed by atoms with van der Waals surface area (Å²) in [6, 6.07) is 14.2. The van der Waals surface area contributed by atoms with Crippen LogP contribution < -0.4 is 9.64 Å². The number of hydrogen-bond acceptors (Lipinski definition) is 5. The van der Waals surface area contributed by atoms with Gasteiger partial charge >= 0.3 is 0 Å². The summed E-state index contributed by atoms with van der Waals surface area (Å²) in [6.45, 7) is 0.417.